The molecule has 3 N–H and O–H groups in total. The minimum absolute atomic E-state index is 0.131. The van der Waals surface area contributed by atoms with E-state index in [2.05, 4.69) is 16.0 Å². The van der Waals surface area contributed by atoms with Gasteiger partial charge in [-0.25, -0.2) is 4.79 Å². The molecule has 0 bridgehead atoms. The summed E-state index contributed by atoms with van der Waals surface area (Å²) >= 11 is 0. The fraction of sp³-hybridized carbons (Fsp3) is 0.421. The number of carbonyl (C=O) groups excluding carboxylic acids is 3. The van der Waals surface area contributed by atoms with Crippen molar-refractivity contribution in [3.63, 3.8) is 0 Å². The average Bonchev–Trinajstić information content (AvgIpc) is 2.52. The summed E-state index contributed by atoms with van der Waals surface area (Å²) in [5.74, 6) is -0.441. The van der Waals surface area contributed by atoms with E-state index in [9.17, 15) is 14.4 Å². The predicted molar refractivity (Wildman–Crippen MR) is 101 cm³/mol. The van der Waals surface area contributed by atoms with Crippen LogP contribution in [0.5, 0.6) is 0 Å². The second kappa shape index (κ2) is 10.2. The van der Waals surface area contributed by atoms with Crippen LogP contribution in [-0.4, -0.2) is 30.1 Å². The van der Waals surface area contributed by atoms with Crippen molar-refractivity contribution < 1.29 is 19.1 Å². The molecule has 0 aromatic heterocycles. The van der Waals surface area contributed by atoms with Gasteiger partial charge in [-0.1, -0.05) is 24.3 Å². The van der Waals surface area contributed by atoms with Gasteiger partial charge in [-0.15, -0.1) is 0 Å². The molecule has 0 aliphatic carbocycles. The molecule has 0 heterocycles. The Hall–Kier alpha value is -2.83. The molecule has 0 saturated heterocycles. The number of alkyl carbamates (subject to hydrolysis) is 1. The van der Waals surface area contributed by atoms with Gasteiger partial charge in [0.2, 0.25) is 11.8 Å². The van der Waals surface area contributed by atoms with Crippen molar-refractivity contribution in [2.75, 3.05) is 11.9 Å². The molecule has 0 fully saturated rings. The molecule has 0 atom stereocenters. The third-order valence-corrected chi connectivity index (χ3v) is 3.09. The Labute approximate surface area is 154 Å². The van der Waals surface area contributed by atoms with Gasteiger partial charge < -0.3 is 20.7 Å². The monoisotopic (exact) mass is 361 g/mol. The molecule has 7 nitrogen and oxygen atoms in total. The molecule has 1 aromatic carbocycles. The van der Waals surface area contributed by atoms with E-state index in [1.807, 2.05) is 12.1 Å². The van der Waals surface area contributed by atoms with Crippen LogP contribution in [0.3, 0.4) is 0 Å². The van der Waals surface area contributed by atoms with Crippen LogP contribution in [0.1, 0.15) is 39.7 Å². The molecule has 0 saturated carbocycles. The third kappa shape index (κ3) is 8.86. The molecular weight excluding hydrogens is 334 g/mol. The Kier molecular flexibility index (Phi) is 8.34. The lowest BCUT2D eigenvalue weighted by Crippen LogP contribution is -2.35. The number of rotatable bonds is 7. The lowest BCUT2D eigenvalue weighted by molar-refractivity contribution is -0.121. The van der Waals surface area contributed by atoms with Gasteiger partial charge >= 0.3 is 6.09 Å². The third-order valence-electron chi connectivity index (χ3n) is 3.09. The molecule has 142 valence electrons. The van der Waals surface area contributed by atoms with E-state index >= 15 is 0 Å². The van der Waals surface area contributed by atoms with Gasteiger partial charge in [-0.3, -0.25) is 9.59 Å². The highest BCUT2D eigenvalue weighted by Crippen LogP contribution is 2.14. The summed E-state index contributed by atoms with van der Waals surface area (Å²) < 4.78 is 5.09. The lowest BCUT2D eigenvalue weighted by Gasteiger charge is -2.19. The summed E-state index contributed by atoms with van der Waals surface area (Å²) in [5, 5.41) is 8.06. The molecule has 1 aromatic rings. The minimum atomic E-state index is -0.576. The number of para-hydroxylation sites is 1. The average molecular weight is 361 g/mol. The van der Waals surface area contributed by atoms with Gasteiger partial charge in [0.1, 0.15) is 5.60 Å². The first kappa shape index (κ1) is 21.2. The van der Waals surface area contributed by atoms with Crippen LogP contribution in [0.2, 0.25) is 0 Å². The number of allylic oxidation sites excluding steroid dienone is 1. The number of hydrogen-bond acceptors (Lipinski definition) is 4. The van der Waals surface area contributed by atoms with Gasteiger partial charge in [0.25, 0.3) is 0 Å². The molecular formula is C19H27N3O4. The van der Waals surface area contributed by atoms with E-state index < -0.39 is 11.7 Å². The van der Waals surface area contributed by atoms with Crippen molar-refractivity contribution in [2.45, 2.75) is 46.3 Å². The predicted octanol–water partition coefficient (Wildman–Crippen LogP) is 2.73. The molecule has 3 amide bonds. The zero-order valence-electron chi connectivity index (χ0n) is 15.7. The summed E-state index contributed by atoms with van der Waals surface area (Å²) in [5.41, 5.74) is 0.856. The van der Waals surface area contributed by atoms with Crippen LogP contribution in [0.4, 0.5) is 10.5 Å². The van der Waals surface area contributed by atoms with E-state index in [1.54, 1.807) is 45.9 Å². The highest BCUT2D eigenvalue weighted by atomic mass is 16.6. The van der Waals surface area contributed by atoms with Crippen molar-refractivity contribution in [2.24, 2.45) is 0 Å². The molecule has 0 aliphatic heterocycles. The Morgan fingerprint density at radius 1 is 1.12 bits per heavy atom. The largest absolute Gasteiger partial charge is 0.444 e. The number of nitrogens with one attached hydrogen (secondary N) is 3. The summed E-state index contributed by atoms with van der Waals surface area (Å²) in [6, 6.07) is 7.23. The molecule has 26 heavy (non-hydrogen) atoms. The summed E-state index contributed by atoms with van der Waals surface area (Å²) in [6.07, 6.45) is 2.66. The zero-order valence-corrected chi connectivity index (χ0v) is 15.7. The Morgan fingerprint density at radius 2 is 1.81 bits per heavy atom. The Bertz CT molecular complexity index is 663. The first-order chi connectivity index (χ1) is 12.2. The van der Waals surface area contributed by atoms with Crippen molar-refractivity contribution in [1.29, 1.82) is 0 Å². The number of carbonyl (C=O) groups is 3. The van der Waals surface area contributed by atoms with Crippen LogP contribution >= 0.6 is 0 Å². The number of anilines is 1. The van der Waals surface area contributed by atoms with Crippen LogP contribution in [-0.2, 0) is 20.9 Å². The SMILES string of the molecule is C/C=C/C(=O)Nc1ccccc1CNC(=O)CCNC(=O)OC(C)(C)C. The van der Waals surface area contributed by atoms with Gasteiger partial charge in [0.15, 0.2) is 0 Å². The smallest absolute Gasteiger partial charge is 0.407 e. The summed E-state index contributed by atoms with van der Waals surface area (Å²) in [4.78, 5) is 35.1. The van der Waals surface area contributed by atoms with E-state index in [1.165, 1.54) is 6.08 Å². The topological polar surface area (TPSA) is 96.5 Å². The number of hydrogen-bond donors (Lipinski definition) is 3. The molecule has 1 rings (SSSR count). The molecule has 0 unspecified atom stereocenters. The molecule has 0 spiro atoms. The minimum Gasteiger partial charge on any atom is -0.444 e. The lowest BCUT2D eigenvalue weighted by atomic mass is 10.1. The molecule has 0 aliphatic rings. The van der Waals surface area contributed by atoms with Crippen LogP contribution in [0.25, 0.3) is 0 Å². The van der Waals surface area contributed by atoms with Crippen molar-refractivity contribution in [3.8, 4) is 0 Å². The Balaban J connectivity index is 2.43. The fourth-order valence-corrected chi connectivity index (χ4v) is 2.00. The van der Waals surface area contributed by atoms with Crippen LogP contribution < -0.4 is 16.0 Å². The quantitative estimate of drug-likeness (QED) is 0.651. The van der Waals surface area contributed by atoms with Gasteiger partial charge in [0.05, 0.1) is 0 Å². The maximum atomic E-state index is 11.9. The first-order valence-corrected chi connectivity index (χ1v) is 8.46. The Morgan fingerprint density at radius 3 is 2.46 bits per heavy atom. The van der Waals surface area contributed by atoms with Gasteiger partial charge in [-0.05, 0) is 45.4 Å². The molecule has 7 heteroatoms. The van der Waals surface area contributed by atoms with Crippen molar-refractivity contribution >= 4 is 23.6 Å². The maximum absolute atomic E-state index is 11.9. The van der Waals surface area contributed by atoms with Gasteiger partial charge in [-0.2, -0.15) is 0 Å². The first-order valence-electron chi connectivity index (χ1n) is 8.46. The highest BCUT2D eigenvalue weighted by molar-refractivity contribution is 5.99. The number of amides is 3. The maximum Gasteiger partial charge on any atom is 0.407 e. The van der Waals surface area contributed by atoms with Crippen LogP contribution in [0.15, 0.2) is 36.4 Å². The second-order valence-electron chi connectivity index (χ2n) is 6.60. The summed E-state index contributed by atoms with van der Waals surface area (Å²) in [6.45, 7) is 7.53. The number of benzene rings is 1. The van der Waals surface area contributed by atoms with E-state index in [0.29, 0.717) is 5.69 Å². The summed E-state index contributed by atoms with van der Waals surface area (Å²) in [7, 11) is 0. The van der Waals surface area contributed by atoms with E-state index in [-0.39, 0.29) is 31.3 Å². The van der Waals surface area contributed by atoms with E-state index in [4.69, 9.17) is 4.74 Å². The fourth-order valence-electron chi connectivity index (χ4n) is 2.00. The van der Waals surface area contributed by atoms with Crippen molar-refractivity contribution in [1.82, 2.24) is 10.6 Å². The second-order valence-corrected chi connectivity index (χ2v) is 6.60. The van der Waals surface area contributed by atoms with Gasteiger partial charge in [0, 0.05) is 25.2 Å². The molecule has 0 radical (unpaired) electrons. The van der Waals surface area contributed by atoms with Crippen molar-refractivity contribution in [3.05, 3.63) is 42.0 Å². The highest BCUT2D eigenvalue weighted by Gasteiger charge is 2.15. The standard InChI is InChI=1S/C19H27N3O4/c1-5-8-17(24)22-15-10-7-6-9-14(15)13-21-16(23)11-12-20-18(25)26-19(2,3)4/h5-10H,11-13H2,1-4H3,(H,20,25)(H,21,23)(H,22,24)/b8-5+. The zero-order chi connectivity index (χ0) is 19.6. The normalized spacial score (nSPS) is 11.1. The number of ether oxygens (including phenoxy) is 1. The van der Waals surface area contributed by atoms with Crippen LogP contribution in [0, 0.1) is 0 Å². The van der Waals surface area contributed by atoms with E-state index in [0.717, 1.165) is 5.56 Å².